The van der Waals surface area contributed by atoms with Crippen molar-refractivity contribution in [2.24, 2.45) is 5.92 Å². The number of para-hydroxylation sites is 2. The van der Waals surface area contributed by atoms with Gasteiger partial charge in [0.1, 0.15) is 12.3 Å². The molecule has 4 unspecified atom stereocenters. The van der Waals surface area contributed by atoms with Crippen LogP contribution in [-0.2, 0) is 0 Å². The fourth-order valence-electron chi connectivity index (χ4n) is 6.32. The lowest BCUT2D eigenvalue weighted by atomic mass is 9.72. The van der Waals surface area contributed by atoms with Crippen molar-refractivity contribution in [2.45, 2.75) is 18.2 Å². The highest BCUT2D eigenvalue weighted by Crippen LogP contribution is 2.59. The molecule has 0 N–H and O–H groups in total. The van der Waals surface area contributed by atoms with Crippen LogP contribution in [0.15, 0.2) is 79.9 Å². The summed E-state index contributed by atoms with van der Waals surface area (Å²) < 4.78 is 0. The van der Waals surface area contributed by atoms with Gasteiger partial charge in [-0.2, -0.15) is 0 Å². The molecular formula is C26H24N6. The lowest BCUT2D eigenvalue weighted by molar-refractivity contribution is 0.204. The van der Waals surface area contributed by atoms with E-state index in [1.54, 1.807) is 12.4 Å². The van der Waals surface area contributed by atoms with Crippen LogP contribution in [0.2, 0.25) is 0 Å². The number of nitrogens with zero attached hydrogens (tertiary/aromatic N) is 6. The Bertz CT molecular complexity index is 1300. The quantitative estimate of drug-likeness (QED) is 0.537. The molecule has 2 aromatic carbocycles. The maximum atomic E-state index is 4.80. The lowest BCUT2D eigenvalue weighted by Gasteiger charge is -2.50. The van der Waals surface area contributed by atoms with E-state index in [9.17, 15) is 0 Å². The van der Waals surface area contributed by atoms with Crippen molar-refractivity contribution in [1.29, 1.82) is 0 Å². The lowest BCUT2D eigenvalue weighted by Crippen LogP contribution is -2.58. The predicted molar refractivity (Wildman–Crippen MR) is 128 cm³/mol. The summed E-state index contributed by atoms with van der Waals surface area (Å²) in [4.78, 5) is 19.0. The molecule has 6 heteroatoms. The highest BCUT2D eigenvalue weighted by Gasteiger charge is 2.56. The highest BCUT2D eigenvalue weighted by atomic mass is 15.5. The van der Waals surface area contributed by atoms with Crippen LogP contribution in [0.5, 0.6) is 0 Å². The first-order chi connectivity index (χ1) is 15.7. The largest absolute Gasteiger partial charge is 0.358 e. The van der Waals surface area contributed by atoms with Gasteiger partial charge in [0.15, 0.2) is 11.6 Å². The minimum absolute atomic E-state index is 0.0565. The molecule has 4 atom stereocenters. The van der Waals surface area contributed by atoms with Crippen LogP contribution in [-0.4, -0.2) is 41.3 Å². The molecule has 0 saturated heterocycles. The number of benzene rings is 2. The van der Waals surface area contributed by atoms with Gasteiger partial charge in [0.05, 0.1) is 5.69 Å². The first kappa shape index (κ1) is 17.8. The molecule has 3 aromatic rings. The van der Waals surface area contributed by atoms with Crippen molar-refractivity contribution in [3.8, 4) is 0 Å². The number of hydrogen-bond acceptors (Lipinski definition) is 6. The molecule has 7 rings (SSSR count). The minimum Gasteiger partial charge on any atom is -0.358 e. The second-order valence-corrected chi connectivity index (χ2v) is 9.04. The summed E-state index contributed by atoms with van der Waals surface area (Å²) in [7, 11) is 4.33. The van der Waals surface area contributed by atoms with Gasteiger partial charge in [0, 0.05) is 62.0 Å². The van der Waals surface area contributed by atoms with Crippen molar-refractivity contribution in [1.82, 2.24) is 14.9 Å². The monoisotopic (exact) mass is 420 g/mol. The van der Waals surface area contributed by atoms with E-state index in [0.29, 0.717) is 0 Å². The number of rotatable bonds is 0. The van der Waals surface area contributed by atoms with Gasteiger partial charge in [-0.1, -0.05) is 43.0 Å². The molecule has 4 aliphatic heterocycles. The van der Waals surface area contributed by atoms with Gasteiger partial charge in [-0.25, -0.2) is 9.97 Å². The Morgan fingerprint density at radius 1 is 0.812 bits per heavy atom. The summed E-state index contributed by atoms with van der Waals surface area (Å²) in [5, 5.41) is 0. The fourth-order valence-corrected chi connectivity index (χ4v) is 6.32. The van der Waals surface area contributed by atoms with Crippen LogP contribution in [0, 0.1) is 5.92 Å². The normalized spacial score (nSPS) is 26.8. The number of aromatic nitrogens is 2. The van der Waals surface area contributed by atoms with Crippen molar-refractivity contribution in [3.63, 3.8) is 0 Å². The Balaban J connectivity index is 1.55. The van der Waals surface area contributed by atoms with Crippen molar-refractivity contribution >= 4 is 28.6 Å². The topological polar surface area (TPSA) is 38.7 Å². The Labute approximate surface area is 187 Å². The number of anilines is 4. The summed E-state index contributed by atoms with van der Waals surface area (Å²) in [5.74, 6) is 2.23. The van der Waals surface area contributed by atoms with E-state index in [4.69, 9.17) is 16.5 Å². The molecule has 158 valence electrons. The van der Waals surface area contributed by atoms with E-state index in [0.717, 1.165) is 17.3 Å². The first-order valence-electron chi connectivity index (χ1n) is 11.1. The molecule has 0 aliphatic carbocycles. The minimum atomic E-state index is 0.0565. The van der Waals surface area contributed by atoms with E-state index >= 15 is 0 Å². The van der Waals surface area contributed by atoms with Crippen LogP contribution in [0.1, 0.15) is 17.0 Å². The van der Waals surface area contributed by atoms with Crippen molar-refractivity contribution < 1.29 is 0 Å². The Morgan fingerprint density at radius 2 is 1.53 bits per heavy atom. The second kappa shape index (κ2) is 6.13. The molecular weight excluding hydrogens is 396 g/mol. The van der Waals surface area contributed by atoms with Gasteiger partial charge >= 0.3 is 0 Å². The standard InChI is InChI=1S/C26H24N6/c1-16-17-8-4-7-11-20(17)32-24-23(27-12-13-28-24)30(3)26(32)22-21(16)18-9-5-6-10-19(18)31-15-14-29(2)25(22)31/h4-15,21-22,25-26H,1H2,2-3H3. The van der Waals surface area contributed by atoms with E-state index < -0.39 is 0 Å². The maximum Gasteiger partial charge on any atom is 0.178 e. The van der Waals surface area contributed by atoms with Crippen LogP contribution in [0.25, 0.3) is 5.57 Å². The average Bonchev–Trinajstić information content (AvgIpc) is 3.32. The fraction of sp³-hybridized carbons (Fsp3) is 0.231. The summed E-state index contributed by atoms with van der Waals surface area (Å²) in [6, 6.07) is 17.4. The molecule has 1 aromatic heterocycles. The zero-order chi connectivity index (χ0) is 21.6. The van der Waals surface area contributed by atoms with Crippen LogP contribution >= 0.6 is 0 Å². The summed E-state index contributed by atoms with van der Waals surface area (Å²) >= 11 is 0. The second-order valence-electron chi connectivity index (χ2n) is 9.04. The van der Waals surface area contributed by atoms with Gasteiger partial charge in [-0.3, -0.25) is 0 Å². The van der Waals surface area contributed by atoms with Gasteiger partial charge in [0.25, 0.3) is 0 Å². The molecule has 0 saturated carbocycles. The van der Waals surface area contributed by atoms with Crippen LogP contribution in [0.4, 0.5) is 23.0 Å². The molecule has 6 nitrogen and oxygen atoms in total. The number of allylic oxidation sites excluding steroid dienone is 1. The maximum absolute atomic E-state index is 4.80. The zero-order valence-electron chi connectivity index (χ0n) is 18.1. The van der Waals surface area contributed by atoms with E-state index in [2.05, 4.69) is 94.6 Å². The third kappa shape index (κ3) is 2.04. The van der Waals surface area contributed by atoms with Gasteiger partial charge in [0.2, 0.25) is 0 Å². The summed E-state index contributed by atoms with van der Waals surface area (Å²) in [6.45, 7) is 4.71. The Kier molecular flexibility index (Phi) is 3.42. The predicted octanol–water partition coefficient (Wildman–Crippen LogP) is 4.38. The third-order valence-electron chi connectivity index (χ3n) is 7.56. The first-order valence-corrected chi connectivity index (χ1v) is 11.1. The van der Waals surface area contributed by atoms with Crippen LogP contribution in [0.3, 0.4) is 0 Å². The van der Waals surface area contributed by atoms with Gasteiger partial charge in [-0.05, 0) is 23.3 Å². The molecule has 32 heavy (non-hydrogen) atoms. The molecule has 5 heterocycles. The number of hydrogen-bond donors (Lipinski definition) is 0. The molecule has 0 radical (unpaired) electrons. The van der Waals surface area contributed by atoms with Gasteiger partial charge < -0.3 is 19.6 Å². The third-order valence-corrected chi connectivity index (χ3v) is 7.56. The summed E-state index contributed by atoms with van der Waals surface area (Å²) in [5.41, 5.74) is 6.11. The zero-order valence-corrected chi connectivity index (χ0v) is 18.1. The SMILES string of the molecule is C=C1c2ccccc2N2c3nccnc3N(C)C2C2C1c1ccccc1N1C=CN(C)C21. The molecule has 4 aliphatic rings. The highest BCUT2D eigenvalue weighted by molar-refractivity contribution is 5.90. The molecule has 0 amide bonds. The molecule has 0 bridgehead atoms. The average molecular weight is 421 g/mol. The smallest absolute Gasteiger partial charge is 0.178 e. The Morgan fingerprint density at radius 3 is 2.38 bits per heavy atom. The number of fused-ring (bicyclic) bond motifs is 12. The van der Waals surface area contributed by atoms with E-state index in [1.807, 2.05) is 0 Å². The van der Waals surface area contributed by atoms with Crippen molar-refractivity contribution in [2.75, 3.05) is 28.8 Å². The van der Waals surface area contributed by atoms with Crippen molar-refractivity contribution in [3.05, 3.63) is 91.0 Å². The Hall–Kier alpha value is -3.80. The van der Waals surface area contributed by atoms with E-state index in [1.165, 1.54) is 22.4 Å². The molecule has 0 spiro atoms. The van der Waals surface area contributed by atoms with Gasteiger partial charge in [-0.15, -0.1) is 0 Å². The molecule has 0 fully saturated rings. The van der Waals surface area contributed by atoms with E-state index in [-0.39, 0.29) is 24.2 Å². The summed E-state index contributed by atoms with van der Waals surface area (Å²) in [6.07, 6.45) is 8.21. The van der Waals surface area contributed by atoms with Crippen LogP contribution < -0.4 is 14.7 Å².